The summed E-state index contributed by atoms with van der Waals surface area (Å²) in [6.07, 6.45) is 10.0. The Balaban J connectivity index is 0.000000262. The second kappa shape index (κ2) is 20.9. The third-order valence-electron chi connectivity index (χ3n) is 6.74. The van der Waals surface area contributed by atoms with Gasteiger partial charge in [0.1, 0.15) is 0 Å². The number of unbranched alkanes of at least 4 members (excludes halogenated alkanes) is 4. The van der Waals surface area contributed by atoms with Crippen LogP contribution in [0.25, 0.3) is 22.3 Å². The number of hydrogen-bond donors (Lipinski definition) is 0. The molecule has 0 aliphatic heterocycles. The van der Waals surface area contributed by atoms with Crippen LogP contribution in [-0.4, -0.2) is 0 Å². The van der Waals surface area contributed by atoms with Crippen molar-refractivity contribution in [2.75, 3.05) is 0 Å². The number of benzene rings is 4. The van der Waals surface area contributed by atoms with Gasteiger partial charge in [-0.1, -0.05) is 112 Å². The molecule has 0 bridgehead atoms. The number of nitrogens with zero attached hydrogens (tertiary/aromatic N) is 2. The standard InChI is InChI=1S/2C18H19N.2ClH.Pd/c2*1-2-3-4-5-15-6-10-17(11-7-15)18-12-8-16(14-19)9-13-18;;;/h2*6-13H,2-5H2,1H3;2*1H;/q;;;;+2/p-2. The van der Waals surface area contributed by atoms with Crippen molar-refractivity contribution in [2.24, 2.45) is 0 Å². The molecule has 216 valence electrons. The van der Waals surface area contributed by atoms with Gasteiger partial charge in [-0.3, -0.25) is 0 Å². The number of rotatable bonds is 10. The fourth-order valence-corrected chi connectivity index (χ4v) is 4.36. The zero-order valence-corrected chi connectivity index (χ0v) is 26.9. The monoisotopic (exact) mass is 674 g/mol. The first-order chi connectivity index (χ1) is 20.1. The normalized spacial score (nSPS) is 9.90. The molecule has 0 N–H and O–H groups in total. The van der Waals surface area contributed by atoms with Crippen LogP contribution in [0.15, 0.2) is 97.1 Å². The second-order valence-corrected chi connectivity index (χ2v) is 12.1. The molecule has 4 rings (SSSR count). The Bertz CT molecular complexity index is 1230. The van der Waals surface area contributed by atoms with E-state index in [1.807, 2.05) is 48.5 Å². The van der Waals surface area contributed by atoms with E-state index in [1.165, 1.54) is 84.7 Å². The molecule has 0 heterocycles. The van der Waals surface area contributed by atoms with Crippen molar-refractivity contribution in [1.29, 1.82) is 10.5 Å². The number of nitriles is 2. The second-order valence-electron chi connectivity index (χ2n) is 9.73. The Morgan fingerprint density at radius 2 is 0.756 bits per heavy atom. The van der Waals surface area contributed by atoms with Crippen LogP contribution < -0.4 is 0 Å². The molecule has 0 aromatic heterocycles. The maximum absolute atomic E-state index is 8.79. The molecule has 4 aromatic carbocycles. The molecule has 0 fully saturated rings. The van der Waals surface area contributed by atoms with Gasteiger partial charge in [-0.05, 0) is 83.3 Å². The maximum atomic E-state index is 8.79. The predicted molar refractivity (Wildman–Crippen MR) is 171 cm³/mol. The van der Waals surface area contributed by atoms with Crippen LogP contribution in [0, 0.1) is 22.7 Å². The Morgan fingerprint density at radius 1 is 0.488 bits per heavy atom. The van der Waals surface area contributed by atoms with Crippen LogP contribution in [0.2, 0.25) is 0 Å². The van der Waals surface area contributed by atoms with Crippen LogP contribution in [0.5, 0.6) is 0 Å². The Kier molecular flexibility index (Phi) is 17.5. The first kappa shape index (κ1) is 34.3. The van der Waals surface area contributed by atoms with Gasteiger partial charge in [-0.15, -0.1) is 0 Å². The summed E-state index contributed by atoms with van der Waals surface area (Å²) in [6.45, 7) is 4.46. The van der Waals surface area contributed by atoms with Gasteiger partial charge in [0.05, 0.1) is 23.3 Å². The van der Waals surface area contributed by atoms with Crippen molar-refractivity contribution in [1.82, 2.24) is 0 Å². The summed E-state index contributed by atoms with van der Waals surface area (Å²) in [4.78, 5) is 0. The third-order valence-corrected chi connectivity index (χ3v) is 6.74. The van der Waals surface area contributed by atoms with Crippen LogP contribution in [-0.2, 0) is 28.8 Å². The van der Waals surface area contributed by atoms with Crippen molar-refractivity contribution in [3.63, 3.8) is 0 Å². The summed E-state index contributed by atoms with van der Waals surface area (Å²) in [5.41, 5.74) is 8.99. The van der Waals surface area contributed by atoms with Crippen LogP contribution in [0.1, 0.15) is 74.6 Å². The Hall–Kier alpha value is -2.90. The molecular weight excluding hydrogens is 638 g/mol. The van der Waals surface area contributed by atoms with Crippen molar-refractivity contribution >= 4 is 19.1 Å². The molecular formula is C36H38Cl2N2Pd. The third kappa shape index (κ3) is 13.1. The van der Waals surface area contributed by atoms with Crippen molar-refractivity contribution in [3.8, 4) is 34.4 Å². The van der Waals surface area contributed by atoms with E-state index < -0.39 is 0 Å². The summed E-state index contributed by atoms with van der Waals surface area (Å²) in [6, 6.07) is 37.3. The first-order valence-corrected chi connectivity index (χ1v) is 18.1. The van der Waals surface area contributed by atoms with Gasteiger partial charge < -0.3 is 0 Å². The molecule has 5 heteroatoms. The predicted octanol–water partition coefficient (Wildman–Crippen LogP) is 11.3. The average Bonchev–Trinajstić information content (AvgIpc) is 3.03. The van der Waals surface area contributed by atoms with Gasteiger partial charge in [-0.2, -0.15) is 10.5 Å². The first-order valence-electron chi connectivity index (χ1n) is 14.1. The van der Waals surface area contributed by atoms with Crippen LogP contribution >= 0.6 is 19.1 Å². The minimum atomic E-state index is -0.106. The van der Waals surface area contributed by atoms with Gasteiger partial charge in [0.2, 0.25) is 0 Å². The topological polar surface area (TPSA) is 47.6 Å². The average molecular weight is 676 g/mol. The minimum absolute atomic E-state index is 0.106. The number of aryl methyl sites for hydroxylation is 2. The van der Waals surface area contributed by atoms with E-state index >= 15 is 0 Å². The fourth-order valence-electron chi connectivity index (χ4n) is 4.36. The molecule has 0 aliphatic rings. The van der Waals surface area contributed by atoms with Crippen molar-refractivity contribution in [3.05, 3.63) is 119 Å². The van der Waals surface area contributed by atoms with E-state index in [9.17, 15) is 0 Å². The number of halogens is 2. The summed E-state index contributed by atoms with van der Waals surface area (Å²) in [5.74, 6) is 0. The molecule has 4 aromatic rings. The van der Waals surface area contributed by atoms with E-state index in [-0.39, 0.29) is 15.9 Å². The molecule has 0 saturated carbocycles. The van der Waals surface area contributed by atoms with Gasteiger partial charge in [-0.25, -0.2) is 0 Å². The fraction of sp³-hybridized carbons (Fsp3) is 0.278. The van der Waals surface area contributed by atoms with Crippen molar-refractivity contribution < 1.29 is 15.9 Å². The summed E-state index contributed by atoms with van der Waals surface area (Å²) in [5, 5.41) is 17.6. The molecule has 0 spiro atoms. The van der Waals surface area contributed by atoms with Crippen molar-refractivity contribution in [2.45, 2.75) is 65.2 Å². The summed E-state index contributed by atoms with van der Waals surface area (Å²) in [7, 11) is 9.63. The molecule has 0 unspecified atom stereocenters. The quantitative estimate of drug-likeness (QED) is 0.124. The molecule has 0 amide bonds. The molecule has 41 heavy (non-hydrogen) atoms. The van der Waals surface area contributed by atoms with Crippen LogP contribution in [0.4, 0.5) is 0 Å². The van der Waals surface area contributed by atoms with Gasteiger partial charge >= 0.3 is 35.0 Å². The van der Waals surface area contributed by atoms with Gasteiger partial charge in [0.15, 0.2) is 0 Å². The summed E-state index contributed by atoms with van der Waals surface area (Å²) >= 11 is -0.106. The van der Waals surface area contributed by atoms with E-state index in [2.05, 4.69) is 74.5 Å². The van der Waals surface area contributed by atoms with E-state index in [0.29, 0.717) is 11.1 Å². The van der Waals surface area contributed by atoms with Gasteiger partial charge in [0, 0.05) is 0 Å². The molecule has 0 saturated heterocycles. The molecule has 0 aliphatic carbocycles. The van der Waals surface area contributed by atoms with E-state index in [4.69, 9.17) is 29.6 Å². The van der Waals surface area contributed by atoms with Crippen LogP contribution in [0.3, 0.4) is 0 Å². The zero-order chi connectivity index (χ0) is 29.7. The summed E-state index contributed by atoms with van der Waals surface area (Å²) < 4.78 is 0. The van der Waals surface area contributed by atoms with E-state index in [1.54, 1.807) is 0 Å². The molecule has 0 atom stereocenters. The van der Waals surface area contributed by atoms with E-state index in [0.717, 1.165) is 0 Å². The SMILES string of the molecule is CCCCCc1ccc(-c2ccc(C#N)cc2)cc1.CCCCCc1ccc(-c2ccc(C#N)cc2)cc1.[Cl][Pd][Cl]. The molecule has 0 radical (unpaired) electrons. The Labute approximate surface area is 263 Å². The van der Waals surface area contributed by atoms with Gasteiger partial charge in [0.25, 0.3) is 0 Å². The Morgan fingerprint density at radius 3 is 1.00 bits per heavy atom. The number of hydrogen-bond acceptors (Lipinski definition) is 2. The zero-order valence-electron chi connectivity index (χ0n) is 23.9. The molecule has 2 nitrogen and oxygen atoms in total.